The number of hydrogen-bond donors (Lipinski definition) is 1. The van der Waals surface area contributed by atoms with Gasteiger partial charge in [0.25, 0.3) is 5.56 Å². The number of thioether (sulfide) groups is 1. The zero-order valence-electron chi connectivity index (χ0n) is 10.6. The molecule has 0 aliphatic carbocycles. The summed E-state index contributed by atoms with van der Waals surface area (Å²) in [5.41, 5.74) is 1.97. The number of nitrogens with zero attached hydrogens (tertiary/aromatic N) is 3. The van der Waals surface area contributed by atoms with Gasteiger partial charge in [-0.3, -0.25) is 4.79 Å². The number of halogens is 1. The maximum atomic E-state index is 11.7. The van der Waals surface area contributed by atoms with E-state index in [1.54, 1.807) is 11.8 Å². The first-order valence-corrected chi connectivity index (χ1v) is 7.70. The fourth-order valence-electron chi connectivity index (χ4n) is 1.89. The third-order valence-electron chi connectivity index (χ3n) is 2.88. The van der Waals surface area contributed by atoms with Crippen LogP contribution in [0, 0.1) is 0 Å². The second kappa shape index (κ2) is 5.41. The minimum absolute atomic E-state index is 0.208. The summed E-state index contributed by atoms with van der Waals surface area (Å²) in [5, 5.41) is 0.782. The number of aromatic amines is 1. The fraction of sp³-hybridized carbons (Fsp3) is 0.154. The molecule has 20 heavy (non-hydrogen) atoms. The Kier molecular flexibility index (Phi) is 3.62. The van der Waals surface area contributed by atoms with Crippen LogP contribution in [-0.2, 0) is 12.8 Å². The highest BCUT2D eigenvalue weighted by Crippen LogP contribution is 2.24. The molecule has 0 bridgehead atoms. The van der Waals surface area contributed by atoms with Gasteiger partial charge in [0.15, 0.2) is 16.3 Å². The number of benzene rings is 1. The SMILES string of the molecule is Cn1c(SCc2cccc(Br)c2)nc2c(=O)[nH]cnc21. The molecule has 0 aliphatic rings. The molecular weight excluding hydrogens is 340 g/mol. The van der Waals surface area contributed by atoms with Gasteiger partial charge in [-0.15, -0.1) is 0 Å². The molecule has 0 fully saturated rings. The predicted octanol–water partition coefficient (Wildman–Crippen LogP) is 2.71. The van der Waals surface area contributed by atoms with Crippen LogP contribution in [0.5, 0.6) is 0 Å². The van der Waals surface area contributed by atoms with Gasteiger partial charge < -0.3 is 9.55 Å². The van der Waals surface area contributed by atoms with E-state index in [1.807, 2.05) is 23.7 Å². The zero-order chi connectivity index (χ0) is 14.1. The average Bonchev–Trinajstić information content (AvgIpc) is 2.75. The Morgan fingerprint density at radius 1 is 1.45 bits per heavy atom. The first-order chi connectivity index (χ1) is 9.65. The first kappa shape index (κ1) is 13.4. The van der Waals surface area contributed by atoms with E-state index in [9.17, 15) is 4.79 Å². The van der Waals surface area contributed by atoms with Gasteiger partial charge in [0.2, 0.25) is 0 Å². The highest BCUT2D eigenvalue weighted by molar-refractivity contribution is 9.10. The number of H-pyrrole nitrogens is 1. The fourth-order valence-corrected chi connectivity index (χ4v) is 3.25. The van der Waals surface area contributed by atoms with Crippen LogP contribution in [0.25, 0.3) is 11.2 Å². The highest BCUT2D eigenvalue weighted by atomic mass is 79.9. The number of aryl methyl sites for hydroxylation is 1. The molecule has 0 amide bonds. The van der Waals surface area contributed by atoms with Gasteiger partial charge in [-0.25, -0.2) is 9.97 Å². The van der Waals surface area contributed by atoms with Crippen molar-refractivity contribution in [1.82, 2.24) is 19.5 Å². The van der Waals surface area contributed by atoms with Crippen LogP contribution in [0.15, 0.2) is 45.0 Å². The summed E-state index contributed by atoms with van der Waals surface area (Å²) in [4.78, 5) is 22.7. The van der Waals surface area contributed by atoms with Gasteiger partial charge in [-0.1, -0.05) is 39.8 Å². The number of fused-ring (bicyclic) bond motifs is 1. The largest absolute Gasteiger partial charge is 0.311 e. The molecule has 1 N–H and O–H groups in total. The van der Waals surface area contributed by atoms with Gasteiger partial charge in [0, 0.05) is 17.3 Å². The molecule has 3 aromatic rings. The number of rotatable bonds is 3. The summed E-state index contributed by atoms with van der Waals surface area (Å²) >= 11 is 5.04. The monoisotopic (exact) mass is 350 g/mol. The Morgan fingerprint density at radius 2 is 2.30 bits per heavy atom. The van der Waals surface area contributed by atoms with E-state index >= 15 is 0 Å². The molecule has 7 heteroatoms. The quantitative estimate of drug-likeness (QED) is 0.737. The molecule has 5 nitrogen and oxygen atoms in total. The van der Waals surface area contributed by atoms with Crippen LogP contribution in [0.4, 0.5) is 0 Å². The smallest absolute Gasteiger partial charge is 0.278 e. The maximum Gasteiger partial charge on any atom is 0.278 e. The number of aromatic nitrogens is 4. The lowest BCUT2D eigenvalue weighted by molar-refractivity contribution is 0.805. The molecular formula is C13H11BrN4OS. The third-order valence-corrected chi connectivity index (χ3v) is 4.47. The van der Waals surface area contributed by atoms with E-state index in [4.69, 9.17) is 0 Å². The van der Waals surface area contributed by atoms with E-state index in [0.29, 0.717) is 11.2 Å². The van der Waals surface area contributed by atoms with Crippen molar-refractivity contribution in [3.8, 4) is 0 Å². The summed E-state index contributed by atoms with van der Waals surface area (Å²) < 4.78 is 2.89. The van der Waals surface area contributed by atoms with E-state index < -0.39 is 0 Å². The number of imidazole rings is 1. The van der Waals surface area contributed by atoms with Crippen molar-refractivity contribution >= 4 is 38.9 Å². The first-order valence-electron chi connectivity index (χ1n) is 5.92. The van der Waals surface area contributed by atoms with E-state index in [-0.39, 0.29) is 5.56 Å². The molecule has 2 heterocycles. The van der Waals surface area contributed by atoms with Crippen LogP contribution >= 0.6 is 27.7 Å². The lowest BCUT2D eigenvalue weighted by atomic mass is 10.2. The molecule has 0 unspecified atom stereocenters. The van der Waals surface area contributed by atoms with Gasteiger partial charge in [-0.2, -0.15) is 0 Å². The molecule has 2 aromatic heterocycles. The molecule has 0 saturated heterocycles. The number of hydrogen-bond acceptors (Lipinski definition) is 4. The topological polar surface area (TPSA) is 63.6 Å². The van der Waals surface area contributed by atoms with E-state index in [2.05, 4.69) is 43.0 Å². The highest BCUT2D eigenvalue weighted by Gasteiger charge is 2.11. The molecule has 1 aromatic carbocycles. The van der Waals surface area contributed by atoms with Gasteiger partial charge in [0.05, 0.1) is 6.33 Å². The van der Waals surface area contributed by atoms with Crippen molar-refractivity contribution in [1.29, 1.82) is 0 Å². The van der Waals surface area contributed by atoms with E-state index in [1.165, 1.54) is 11.9 Å². The van der Waals surface area contributed by atoms with Crippen molar-refractivity contribution in [2.24, 2.45) is 7.05 Å². The normalized spacial score (nSPS) is 11.1. The molecule has 0 spiro atoms. The second-order valence-electron chi connectivity index (χ2n) is 4.28. The Bertz CT molecular complexity index is 827. The zero-order valence-corrected chi connectivity index (χ0v) is 13.0. The Labute approximate surface area is 127 Å². The predicted molar refractivity (Wildman–Crippen MR) is 82.8 cm³/mol. The van der Waals surface area contributed by atoms with Crippen LogP contribution in [0.3, 0.4) is 0 Å². The maximum absolute atomic E-state index is 11.7. The van der Waals surface area contributed by atoms with Crippen molar-refractivity contribution < 1.29 is 0 Å². The minimum atomic E-state index is -0.208. The summed E-state index contributed by atoms with van der Waals surface area (Å²) in [6, 6.07) is 8.13. The lowest BCUT2D eigenvalue weighted by Gasteiger charge is -2.02. The molecule has 0 saturated carbocycles. The van der Waals surface area contributed by atoms with Crippen molar-refractivity contribution in [2.75, 3.05) is 0 Å². The molecule has 102 valence electrons. The second-order valence-corrected chi connectivity index (χ2v) is 6.13. The van der Waals surface area contributed by atoms with Crippen LogP contribution in [-0.4, -0.2) is 19.5 Å². The van der Waals surface area contributed by atoms with Gasteiger partial charge in [-0.05, 0) is 17.7 Å². The van der Waals surface area contributed by atoms with Crippen LogP contribution in [0.2, 0.25) is 0 Å². The van der Waals surface area contributed by atoms with Crippen molar-refractivity contribution in [3.05, 3.63) is 51.0 Å². The molecule has 0 radical (unpaired) electrons. The Hall–Kier alpha value is -1.60. The van der Waals surface area contributed by atoms with Gasteiger partial charge in [0.1, 0.15) is 0 Å². The molecule has 0 atom stereocenters. The van der Waals surface area contributed by atoms with Crippen LogP contribution < -0.4 is 5.56 Å². The minimum Gasteiger partial charge on any atom is -0.311 e. The average molecular weight is 351 g/mol. The van der Waals surface area contributed by atoms with Gasteiger partial charge >= 0.3 is 0 Å². The lowest BCUT2D eigenvalue weighted by Crippen LogP contribution is -2.06. The summed E-state index contributed by atoms with van der Waals surface area (Å²) in [6.07, 6.45) is 1.40. The molecule has 0 aliphatic heterocycles. The van der Waals surface area contributed by atoms with Crippen molar-refractivity contribution in [3.63, 3.8) is 0 Å². The number of nitrogens with one attached hydrogen (secondary N) is 1. The Balaban J connectivity index is 1.90. The van der Waals surface area contributed by atoms with Crippen molar-refractivity contribution in [2.45, 2.75) is 10.9 Å². The third kappa shape index (κ3) is 2.51. The summed E-state index contributed by atoms with van der Waals surface area (Å²) in [7, 11) is 1.87. The van der Waals surface area contributed by atoms with E-state index in [0.717, 1.165) is 15.4 Å². The summed E-state index contributed by atoms with van der Waals surface area (Å²) in [5.74, 6) is 0.786. The van der Waals surface area contributed by atoms with Crippen LogP contribution in [0.1, 0.15) is 5.56 Å². The molecule has 3 rings (SSSR count). The Morgan fingerprint density at radius 3 is 3.05 bits per heavy atom. The standard InChI is InChI=1S/C13H11BrN4OS/c1-18-11-10(12(19)16-7-15-11)17-13(18)20-6-8-3-2-4-9(14)5-8/h2-5,7H,6H2,1H3,(H,15,16,19). The summed E-state index contributed by atoms with van der Waals surface area (Å²) in [6.45, 7) is 0.